The molecule has 0 bridgehead atoms. The molecule has 3 heterocycles. The van der Waals surface area contributed by atoms with Crippen LogP contribution >= 0.6 is 11.6 Å². The highest BCUT2D eigenvalue weighted by molar-refractivity contribution is 6.30. The molecule has 94 valence electrons. The van der Waals surface area contributed by atoms with Gasteiger partial charge in [-0.05, 0) is 19.9 Å². The molecular weight excluding hydrogens is 252 g/mol. The van der Waals surface area contributed by atoms with Crippen molar-refractivity contribution in [3.05, 3.63) is 33.9 Å². The second-order valence-electron chi connectivity index (χ2n) is 4.38. The van der Waals surface area contributed by atoms with Crippen LogP contribution in [-0.4, -0.2) is 26.4 Å². The molecule has 0 saturated heterocycles. The zero-order chi connectivity index (χ0) is 12.7. The summed E-state index contributed by atoms with van der Waals surface area (Å²) in [6.07, 6.45) is 0.785. The summed E-state index contributed by atoms with van der Waals surface area (Å²) >= 11 is 6.32. The zero-order valence-corrected chi connectivity index (χ0v) is 11.0. The molecule has 2 aromatic heterocycles. The van der Waals surface area contributed by atoms with E-state index in [1.165, 1.54) is 0 Å². The van der Waals surface area contributed by atoms with Gasteiger partial charge in [0.25, 0.3) is 5.95 Å². The predicted octanol–water partition coefficient (Wildman–Crippen LogP) is 2.01. The summed E-state index contributed by atoms with van der Waals surface area (Å²) in [5.41, 5.74) is 3.73. The van der Waals surface area contributed by atoms with Crippen LogP contribution in [0.25, 0.3) is 5.95 Å². The maximum Gasteiger partial charge on any atom is 0.252 e. The van der Waals surface area contributed by atoms with Crippen LogP contribution < -0.4 is 0 Å². The molecule has 0 saturated carbocycles. The van der Waals surface area contributed by atoms with Crippen LogP contribution in [0.2, 0.25) is 5.15 Å². The highest BCUT2D eigenvalue weighted by Gasteiger charge is 2.21. The fourth-order valence-electron chi connectivity index (χ4n) is 2.09. The fourth-order valence-corrected chi connectivity index (χ4v) is 2.37. The van der Waals surface area contributed by atoms with Gasteiger partial charge in [0.2, 0.25) is 0 Å². The van der Waals surface area contributed by atoms with Crippen molar-refractivity contribution < 1.29 is 4.74 Å². The van der Waals surface area contributed by atoms with Crippen molar-refractivity contribution in [3.63, 3.8) is 0 Å². The molecule has 18 heavy (non-hydrogen) atoms. The number of halogens is 1. The van der Waals surface area contributed by atoms with Gasteiger partial charge in [0.05, 0.1) is 18.9 Å². The molecule has 2 aromatic rings. The van der Waals surface area contributed by atoms with Crippen molar-refractivity contribution in [2.75, 3.05) is 6.61 Å². The third kappa shape index (κ3) is 1.89. The highest BCUT2D eigenvalue weighted by atomic mass is 35.5. The van der Waals surface area contributed by atoms with Gasteiger partial charge in [0.1, 0.15) is 5.15 Å². The summed E-state index contributed by atoms with van der Waals surface area (Å²) in [5.74, 6) is 0.520. The minimum absolute atomic E-state index is 0.513. The van der Waals surface area contributed by atoms with E-state index in [0.717, 1.165) is 29.1 Å². The first-order valence-corrected chi connectivity index (χ1v) is 6.19. The number of fused-ring (bicyclic) bond motifs is 1. The molecule has 0 aromatic carbocycles. The zero-order valence-electron chi connectivity index (χ0n) is 10.3. The molecule has 1 aliphatic heterocycles. The Morgan fingerprint density at radius 1 is 1.28 bits per heavy atom. The number of rotatable bonds is 1. The second kappa shape index (κ2) is 4.33. The lowest BCUT2D eigenvalue weighted by atomic mass is 10.2. The molecule has 0 fully saturated rings. The Labute approximate surface area is 110 Å². The second-order valence-corrected chi connectivity index (χ2v) is 4.74. The minimum atomic E-state index is 0.513. The van der Waals surface area contributed by atoms with Crippen LogP contribution in [0.15, 0.2) is 6.07 Å². The van der Waals surface area contributed by atoms with Gasteiger partial charge in [-0.25, -0.2) is 9.97 Å². The summed E-state index contributed by atoms with van der Waals surface area (Å²) in [7, 11) is 0. The summed E-state index contributed by atoms with van der Waals surface area (Å²) in [6, 6.07) is 1.92. The van der Waals surface area contributed by atoms with E-state index in [2.05, 4.69) is 15.1 Å². The van der Waals surface area contributed by atoms with Gasteiger partial charge in [0, 0.05) is 23.4 Å². The van der Waals surface area contributed by atoms with Crippen molar-refractivity contribution in [2.24, 2.45) is 0 Å². The predicted molar refractivity (Wildman–Crippen MR) is 67.0 cm³/mol. The molecular formula is C12H13ClN4O. The number of ether oxygens (including phenoxy) is 1. The topological polar surface area (TPSA) is 52.8 Å². The monoisotopic (exact) mass is 264 g/mol. The van der Waals surface area contributed by atoms with E-state index >= 15 is 0 Å². The van der Waals surface area contributed by atoms with Crippen molar-refractivity contribution in [1.29, 1.82) is 0 Å². The van der Waals surface area contributed by atoms with Crippen LogP contribution in [0, 0.1) is 13.8 Å². The lowest BCUT2D eigenvalue weighted by molar-refractivity contribution is 0.110. The first-order valence-electron chi connectivity index (χ1n) is 5.82. The van der Waals surface area contributed by atoms with Crippen molar-refractivity contribution in [2.45, 2.75) is 26.9 Å². The standard InChI is InChI=1S/C12H13ClN4O/c1-7-5-8(2)15-12(14-7)17-11(13)9-6-18-4-3-10(9)16-17/h5H,3-4,6H2,1-2H3. The quantitative estimate of drug-likeness (QED) is 0.791. The third-order valence-corrected chi connectivity index (χ3v) is 3.28. The highest BCUT2D eigenvalue weighted by Crippen LogP contribution is 2.26. The smallest absolute Gasteiger partial charge is 0.252 e. The number of hydrogen-bond acceptors (Lipinski definition) is 4. The molecule has 1 aliphatic rings. The lowest BCUT2D eigenvalue weighted by Gasteiger charge is -2.09. The van der Waals surface area contributed by atoms with Gasteiger partial charge in [-0.2, -0.15) is 9.78 Å². The van der Waals surface area contributed by atoms with E-state index in [1.54, 1.807) is 4.68 Å². The van der Waals surface area contributed by atoms with E-state index in [0.29, 0.717) is 24.3 Å². The van der Waals surface area contributed by atoms with Gasteiger partial charge >= 0.3 is 0 Å². The molecule has 0 amide bonds. The molecule has 0 aliphatic carbocycles. The summed E-state index contributed by atoms with van der Waals surface area (Å²) < 4.78 is 6.99. The van der Waals surface area contributed by atoms with Gasteiger partial charge in [-0.3, -0.25) is 0 Å². The van der Waals surface area contributed by atoms with Crippen LogP contribution in [0.1, 0.15) is 22.6 Å². The summed E-state index contributed by atoms with van der Waals surface area (Å²) in [4.78, 5) is 8.75. The average molecular weight is 265 g/mol. The van der Waals surface area contributed by atoms with E-state index < -0.39 is 0 Å². The molecule has 3 rings (SSSR count). The van der Waals surface area contributed by atoms with E-state index in [9.17, 15) is 0 Å². The molecule has 0 N–H and O–H groups in total. The number of aryl methyl sites for hydroxylation is 2. The molecule has 0 unspecified atom stereocenters. The molecule has 0 atom stereocenters. The van der Waals surface area contributed by atoms with E-state index in [1.807, 2.05) is 19.9 Å². The third-order valence-electron chi connectivity index (χ3n) is 2.89. The van der Waals surface area contributed by atoms with Crippen LogP contribution in [0.4, 0.5) is 0 Å². The van der Waals surface area contributed by atoms with Crippen LogP contribution in [0.5, 0.6) is 0 Å². The maximum atomic E-state index is 6.32. The first-order chi connectivity index (χ1) is 8.65. The van der Waals surface area contributed by atoms with Crippen LogP contribution in [0.3, 0.4) is 0 Å². The van der Waals surface area contributed by atoms with Crippen molar-refractivity contribution in [1.82, 2.24) is 19.7 Å². The Bertz CT molecular complexity index is 588. The number of hydrogen-bond donors (Lipinski definition) is 0. The summed E-state index contributed by atoms with van der Waals surface area (Å²) in [6.45, 7) is 5.06. The largest absolute Gasteiger partial charge is 0.376 e. The Morgan fingerprint density at radius 3 is 2.67 bits per heavy atom. The van der Waals surface area contributed by atoms with Crippen LogP contribution in [-0.2, 0) is 17.8 Å². The van der Waals surface area contributed by atoms with Gasteiger partial charge in [-0.1, -0.05) is 11.6 Å². The maximum absolute atomic E-state index is 6.32. The SMILES string of the molecule is Cc1cc(C)nc(-n2nc3c(c2Cl)COCC3)n1. The average Bonchev–Trinajstić information content (AvgIpc) is 2.66. The van der Waals surface area contributed by atoms with E-state index in [4.69, 9.17) is 16.3 Å². The van der Waals surface area contributed by atoms with Crippen molar-refractivity contribution in [3.8, 4) is 5.95 Å². The Kier molecular flexibility index (Phi) is 2.80. The van der Waals surface area contributed by atoms with E-state index in [-0.39, 0.29) is 0 Å². The van der Waals surface area contributed by atoms with Gasteiger partial charge in [0.15, 0.2) is 0 Å². The lowest BCUT2D eigenvalue weighted by Crippen LogP contribution is -2.08. The fraction of sp³-hybridized carbons (Fsp3) is 0.417. The summed E-state index contributed by atoms with van der Waals surface area (Å²) in [5, 5.41) is 5.03. The first kappa shape index (κ1) is 11.6. The number of aromatic nitrogens is 4. The number of nitrogens with zero attached hydrogens (tertiary/aromatic N) is 4. The van der Waals surface area contributed by atoms with Gasteiger partial charge < -0.3 is 4.74 Å². The molecule has 5 nitrogen and oxygen atoms in total. The Hall–Kier alpha value is -1.46. The Balaban J connectivity index is 2.14. The van der Waals surface area contributed by atoms with Crippen molar-refractivity contribution >= 4 is 11.6 Å². The minimum Gasteiger partial charge on any atom is -0.376 e. The Morgan fingerprint density at radius 2 is 2.00 bits per heavy atom. The van der Waals surface area contributed by atoms with Gasteiger partial charge in [-0.15, -0.1) is 0 Å². The molecule has 0 spiro atoms. The normalized spacial score (nSPS) is 14.6. The molecule has 0 radical (unpaired) electrons. The molecule has 6 heteroatoms.